The van der Waals surface area contributed by atoms with E-state index in [1.807, 2.05) is 22.6 Å². The van der Waals surface area contributed by atoms with Gasteiger partial charge in [-0.2, -0.15) is 0 Å². The number of aromatic carboxylic acids is 1. The number of amides is 4. The van der Waals surface area contributed by atoms with Crippen molar-refractivity contribution in [3.63, 3.8) is 0 Å². The van der Waals surface area contributed by atoms with Crippen LogP contribution in [0.4, 0.5) is 15.8 Å². The molecule has 2 saturated heterocycles. The Hall–Kier alpha value is -4.01. The number of anilines is 2. The lowest BCUT2D eigenvalue weighted by atomic mass is 9.56. The normalized spacial score (nSPS) is 29.4. The number of benzene rings is 3. The van der Waals surface area contributed by atoms with E-state index in [0.717, 1.165) is 21.9 Å². The number of ether oxygens (including phenoxy) is 1. The molecule has 48 heavy (non-hydrogen) atoms. The molecule has 3 fully saturated rings. The van der Waals surface area contributed by atoms with Gasteiger partial charge in [-0.05, 0) is 102 Å². The fraction of sp³-hybridized carbons (Fsp3) is 0.265. The van der Waals surface area contributed by atoms with Crippen LogP contribution in [0.3, 0.4) is 0 Å². The Kier molecular flexibility index (Phi) is 7.64. The van der Waals surface area contributed by atoms with Crippen LogP contribution in [-0.2, 0) is 19.2 Å². The molecule has 2 heterocycles. The maximum absolute atomic E-state index is 14.5. The molecule has 1 saturated carbocycles. The Labute approximate surface area is 296 Å². The number of carbonyl (C=O) groups is 5. The van der Waals surface area contributed by atoms with Gasteiger partial charge in [-0.15, -0.1) is 23.2 Å². The number of aromatic hydroxyl groups is 1. The average molecular weight is 805 g/mol. The van der Waals surface area contributed by atoms with Gasteiger partial charge in [0.05, 0.1) is 39.5 Å². The quantitative estimate of drug-likeness (QED) is 0.147. The Balaban J connectivity index is 1.41. The summed E-state index contributed by atoms with van der Waals surface area (Å²) in [5.41, 5.74) is 0.902. The number of methoxy groups -OCH3 is 1. The summed E-state index contributed by atoms with van der Waals surface area (Å²) in [6, 6.07) is 13.3. The van der Waals surface area contributed by atoms with Gasteiger partial charge < -0.3 is 14.9 Å². The Morgan fingerprint density at radius 2 is 1.67 bits per heavy atom. The van der Waals surface area contributed by atoms with Crippen LogP contribution in [0.15, 0.2) is 72.3 Å². The Morgan fingerprint density at radius 1 is 0.958 bits per heavy atom. The highest BCUT2D eigenvalue weighted by atomic mass is 127. The third kappa shape index (κ3) is 4.37. The SMILES string of the molecule is COc1cc(C2C3=CCC4C(=O)N(c5cccc(C(=O)O)c5)C(=O)C4C3CC3(Cl)C(=O)N(c4ccc(F)cc4)C(=O)C23Cl)cc(I)c1O. The van der Waals surface area contributed by atoms with E-state index in [1.54, 1.807) is 12.1 Å². The standard InChI is InChI=1S/C34H24Cl2FIN2O8/c1-48-24-13-16(12-23(38)27(24)41)26-20-9-10-21-25(29(43)39(28(21)42)19-4-2-3-15(11-19)30(44)45)22(20)14-33(35)31(46)40(32(47)34(26,33)36)18-7-5-17(37)6-8-18/h2-9,11-13,21-22,25-26,41H,10,14H2,1H3,(H,44,45). The smallest absolute Gasteiger partial charge is 0.335 e. The molecule has 0 radical (unpaired) electrons. The molecule has 4 amide bonds. The number of imide groups is 2. The lowest BCUT2D eigenvalue weighted by Gasteiger charge is -2.50. The summed E-state index contributed by atoms with van der Waals surface area (Å²) in [4.78, 5) is 66.1. The van der Waals surface area contributed by atoms with E-state index in [4.69, 9.17) is 27.9 Å². The molecular weight excluding hydrogens is 781 g/mol. The van der Waals surface area contributed by atoms with Gasteiger partial charge in [-0.25, -0.2) is 14.1 Å². The molecule has 10 nitrogen and oxygen atoms in total. The average Bonchev–Trinajstić information content (AvgIpc) is 3.40. The summed E-state index contributed by atoms with van der Waals surface area (Å²) in [7, 11) is 1.35. The first-order valence-corrected chi connectivity index (χ1v) is 16.6. The number of phenols is 1. The highest BCUT2D eigenvalue weighted by Crippen LogP contribution is 2.66. The van der Waals surface area contributed by atoms with E-state index in [1.165, 1.54) is 49.6 Å². The first-order chi connectivity index (χ1) is 22.7. The zero-order valence-corrected chi connectivity index (χ0v) is 28.5. The second-order valence-electron chi connectivity index (χ2n) is 12.2. The number of carboxylic acid groups (broad SMARTS) is 1. The van der Waals surface area contributed by atoms with Gasteiger partial charge in [0.15, 0.2) is 21.2 Å². The van der Waals surface area contributed by atoms with Crippen molar-refractivity contribution in [3.8, 4) is 11.5 Å². The van der Waals surface area contributed by atoms with Gasteiger partial charge >= 0.3 is 5.97 Å². The number of rotatable bonds is 5. The van der Waals surface area contributed by atoms with Gasteiger partial charge in [0.2, 0.25) is 11.8 Å². The predicted octanol–water partition coefficient (Wildman–Crippen LogP) is 5.61. The van der Waals surface area contributed by atoms with Crippen LogP contribution in [0.2, 0.25) is 0 Å². The molecule has 3 aromatic rings. The van der Waals surface area contributed by atoms with Crippen molar-refractivity contribution in [2.75, 3.05) is 16.9 Å². The fourth-order valence-electron chi connectivity index (χ4n) is 7.72. The van der Waals surface area contributed by atoms with Crippen LogP contribution < -0.4 is 14.5 Å². The first kappa shape index (κ1) is 32.5. The van der Waals surface area contributed by atoms with Gasteiger partial charge in [0.25, 0.3) is 11.8 Å². The Morgan fingerprint density at radius 3 is 2.33 bits per heavy atom. The minimum absolute atomic E-state index is 0.0453. The molecule has 246 valence electrons. The number of alkyl halides is 2. The summed E-state index contributed by atoms with van der Waals surface area (Å²) in [6.45, 7) is 0. The Bertz CT molecular complexity index is 2010. The molecule has 14 heteroatoms. The molecule has 2 aliphatic carbocycles. The number of phenolic OH excluding ortho intramolecular Hbond substituents is 1. The third-order valence-corrected chi connectivity index (χ3v) is 12.1. The number of halogens is 4. The molecular formula is C34H24Cl2FIN2O8. The number of hydrogen-bond donors (Lipinski definition) is 2. The molecule has 0 spiro atoms. The maximum atomic E-state index is 14.5. The monoisotopic (exact) mass is 804 g/mol. The van der Waals surface area contributed by atoms with Gasteiger partial charge in [0, 0.05) is 5.92 Å². The lowest BCUT2D eigenvalue weighted by molar-refractivity contribution is -0.125. The van der Waals surface area contributed by atoms with Crippen LogP contribution in [0, 0.1) is 27.1 Å². The summed E-state index contributed by atoms with van der Waals surface area (Å²) >= 11 is 16.7. The van der Waals surface area contributed by atoms with Crippen LogP contribution in [0.5, 0.6) is 11.5 Å². The van der Waals surface area contributed by atoms with Gasteiger partial charge in [0.1, 0.15) is 5.82 Å². The van der Waals surface area contributed by atoms with Gasteiger partial charge in [-0.1, -0.05) is 17.7 Å². The molecule has 7 rings (SSSR count). The molecule has 6 unspecified atom stereocenters. The van der Waals surface area contributed by atoms with Crippen molar-refractivity contribution in [1.82, 2.24) is 0 Å². The first-order valence-electron chi connectivity index (χ1n) is 14.7. The molecule has 0 aromatic heterocycles. The topological polar surface area (TPSA) is 142 Å². The largest absolute Gasteiger partial charge is 0.504 e. The summed E-state index contributed by atoms with van der Waals surface area (Å²) < 4.78 is 19.6. The van der Waals surface area contributed by atoms with Crippen LogP contribution >= 0.6 is 45.8 Å². The predicted molar refractivity (Wildman–Crippen MR) is 180 cm³/mol. The van der Waals surface area contributed by atoms with E-state index < -0.39 is 68.8 Å². The zero-order valence-electron chi connectivity index (χ0n) is 24.8. The maximum Gasteiger partial charge on any atom is 0.335 e. The van der Waals surface area contributed by atoms with E-state index in [2.05, 4.69) is 0 Å². The third-order valence-electron chi connectivity index (χ3n) is 9.85. The van der Waals surface area contributed by atoms with Crippen molar-refractivity contribution in [1.29, 1.82) is 0 Å². The van der Waals surface area contributed by atoms with Crippen molar-refractivity contribution < 1.29 is 43.3 Å². The molecule has 3 aromatic carbocycles. The second kappa shape index (κ2) is 11.3. The fourth-order valence-corrected chi connectivity index (χ4v) is 9.28. The van der Waals surface area contributed by atoms with Gasteiger partial charge in [-0.3, -0.25) is 24.1 Å². The highest BCUT2D eigenvalue weighted by molar-refractivity contribution is 14.1. The van der Waals surface area contributed by atoms with E-state index in [9.17, 15) is 38.6 Å². The van der Waals surface area contributed by atoms with E-state index in [0.29, 0.717) is 14.7 Å². The van der Waals surface area contributed by atoms with Crippen LogP contribution in [0.1, 0.15) is 34.7 Å². The summed E-state index contributed by atoms with van der Waals surface area (Å²) in [6.07, 6.45) is 1.55. The minimum Gasteiger partial charge on any atom is -0.504 e. The van der Waals surface area contributed by atoms with Crippen molar-refractivity contribution >= 4 is 86.8 Å². The summed E-state index contributed by atoms with van der Waals surface area (Å²) in [5.74, 6) is -8.67. The number of nitrogens with zero attached hydrogens (tertiary/aromatic N) is 2. The number of allylic oxidation sites excluding steroid dienone is 2. The number of carboxylic acids is 1. The van der Waals surface area contributed by atoms with Crippen molar-refractivity contribution in [3.05, 3.63) is 92.8 Å². The zero-order chi connectivity index (χ0) is 34.4. The number of hydrogen-bond acceptors (Lipinski definition) is 7. The van der Waals surface area contributed by atoms with Crippen molar-refractivity contribution in [2.45, 2.75) is 28.5 Å². The van der Waals surface area contributed by atoms with E-state index >= 15 is 0 Å². The number of carbonyl (C=O) groups excluding carboxylic acids is 4. The van der Waals surface area contributed by atoms with Crippen molar-refractivity contribution in [2.24, 2.45) is 17.8 Å². The highest BCUT2D eigenvalue weighted by Gasteiger charge is 2.76. The molecule has 4 aliphatic rings. The van der Waals surface area contributed by atoms with E-state index in [-0.39, 0.29) is 41.3 Å². The molecule has 0 bridgehead atoms. The second-order valence-corrected chi connectivity index (χ2v) is 14.6. The van der Waals surface area contributed by atoms with Crippen LogP contribution in [-0.4, -0.2) is 56.7 Å². The molecule has 2 N–H and O–H groups in total. The summed E-state index contributed by atoms with van der Waals surface area (Å²) in [5, 5.41) is 20.2. The minimum atomic E-state index is -2.17. The molecule has 6 atom stereocenters. The molecule has 2 aliphatic heterocycles. The number of fused-ring (bicyclic) bond motifs is 4. The van der Waals surface area contributed by atoms with Crippen LogP contribution in [0.25, 0.3) is 0 Å². The lowest BCUT2D eigenvalue weighted by Crippen LogP contribution is -2.60.